The molecule has 0 aliphatic rings. The molecule has 0 aliphatic carbocycles. The van der Waals surface area contributed by atoms with Crippen molar-refractivity contribution >= 4 is 56.0 Å². The number of aromatic amines is 1. The molecular formula is C12H9BrClNO2S. The van der Waals surface area contributed by atoms with Crippen LogP contribution in [-0.2, 0) is 0 Å². The Kier molecular flexibility index (Phi) is 3.84. The number of carbonyl (C=O) groups is 1. The third-order valence-electron chi connectivity index (χ3n) is 2.58. The highest BCUT2D eigenvalue weighted by Gasteiger charge is 2.18. The van der Waals surface area contributed by atoms with Crippen molar-refractivity contribution < 1.29 is 4.79 Å². The fraction of sp³-hybridized carbons (Fsp3) is 0.167. The third kappa shape index (κ3) is 2.11. The quantitative estimate of drug-likeness (QED) is 0.663. The van der Waals surface area contributed by atoms with Crippen molar-refractivity contribution in [2.75, 3.05) is 6.26 Å². The summed E-state index contributed by atoms with van der Waals surface area (Å²) < 4.78 is 0.740. The van der Waals surface area contributed by atoms with Gasteiger partial charge in [-0.3, -0.25) is 9.59 Å². The van der Waals surface area contributed by atoms with Gasteiger partial charge in [-0.05, 0) is 41.2 Å². The molecule has 0 unspecified atom stereocenters. The highest BCUT2D eigenvalue weighted by atomic mass is 79.9. The summed E-state index contributed by atoms with van der Waals surface area (Å²) in [6.45, 7) is 1.38. The summed E-state index contributed by atoms with van der Waals surface area (Å²) >= 11 is 10.7. The molecule has 0 amide bonds. The van der Waals surface area contributed by atoms with E-state index in [4.69, 9.17) is 11.6 Å². The first-order valence-electron chi connectivity index (χ1n) is 5.06. The topological polar surface area (TPSA) is 49.9 Å². The number of pyridine rings is 1. The monoisotopic (exact) mass is 345 g/mol. The van der Waals surface area contributed by atoms with Gasteiger partial charge in [0.2, 0.25) is 5.43 Å². The Labute approximate surface area is 121 Å². The second-order valence-corrected chi connectivity index (χ2v) is 5.78. The number of H-pyrrole nitrogens is 1. The van der Waals surface area contributed by atoms with E-state index in [1.807, 2.05) is 6.26 Å². The number of carbonyl (C=O) groups excluding carboxylic acids is 1. The molecule has 94 valence electrons. The third-order valence-corrected chi connectivity index (χ3v) is 4.27. The molecule has 6 heteroatoms. The molecule has 1 N–H and O–H groups in total. The molecule has 0 fully saturated rings. The fourth-order valence-electron chi connectivity index (χ4n) is 1.77. The highest BCUT2D eigenvalue weighted by molar-refractivity contribution is 9.10. The zero-order valence-electron chi connectivity index (χ0n) is 9.64. The summed E-state index contributed by atoms with van der Waals surface area (Å²) in [5, 5.41) is 1.24. The molecule has 1 aromatic heterocycles. The summed E-state index contributed by atoms with van der Waals surface area (Å²) in [5.41, 5.74) is 0.448. The maximum absolute atomic E-state index is 12.4. The van der Waals surface area contributed by atoms with Crippen molar-refractivity contribution in [3.05, 3.63) is 37.4 Å². The number of Topliss-reactive ketones (excluding diaryl/α,β-unsaturated/α-hetero) is 1. The number of rotatable bonds is 2. The van der Waals surface area contributed by atoms with Gasteiger partial charge in [-0.1, -0.05) is 11.6 Å². The van der Waals surface area contributed by atoms with Gasteiger partial charge in [-0.15, -0.1) is 11.8 Å². The van der Waals surface area contributed by atoms with E-state index < -0.39 is 0 Å². The lowest BCUT2D eigenvalue weighted by Gasteiger charge is -2.09. The van der Waals surface area contributed by atoms with Gasteiger partial charge in [-0.25, -0.2) is 0 Å². The van der Waals surface area contributed by atoms with Gasteiger partial charge >= 0.3 is 0 Å². The molecule has 0 spiro atoms. The standard InChI is InChI=1S/C12H9BrClNO2S/c1-5(16)8-11(17)9-7(14)4-3-6(13)10(9)15-12(8)18-2/h3-4H,1-2H3,(H,15,17). The lowest BCUT2D eigenvalue weighted by atomic mass is 10.1. The summed E-state index contributed by atoms with van der Waals surface area (Å²) in [7, 11) is 0. The van der Waals surface area contributed by atoms with Crippen molar-refractivity contribution in [3.8, 4) is 0 Å². The Balaban J connectivity index is 3.06. The largest absolute Gasteiger partial charge is 0.348 e. The number of aromatic nitrogens is 1. The minimum absolute atomic E-state index is 0.162. The normalized spacial score (nSPS) is 10.9. The van der Waals surface area contributed by atoms with E-state index in [9.17, 15) is 9.59 Å². The molecule has 2 rings (SSSR count). The van der Waals surface area contributed by atoms with Crippen LogP contribution in [0.1, 0.15) is 17.3 Å². The number of hydrogen-bond acceptors (Lipinski definition) is 3. The summed E-state index contributed by atoms with van der Waals surface area (Å²) in [6, 6.07) is 3.39. The fourth-order valence-corrected chi connectivity index (χ4v) is 3.09. The van der Waals surface area contributed by atoms with E-state index in [2.05, 4.69) is 20.9 Å². The maximum atomic E-state index is 12.4. The summed E-state index contributed by atoms with van der Waals surface area (Å²) in [6.07, 6.45) is 1.81. The highest BCUT2D eigenvalue weighted by Crippen LogP contribution is 2.29. The lowest BCUT2D eigenvalue weighted by molar-refractivity contribution is 0.101. The molecule has 0 atom stereocenters. The van der Waals surface area contributed by atoms with Crippen LogP contribution in [0.5, 0.6) is 0 Å². The average Bonchev–Trinajstić information content (AvgIpc) is 2.32. The number of nitrogens with one attached hydrogen (secondary N) is 1. The predicted octanol–water partition coefficient (Wildman–Crippen LogP) is 3.87. The predicted molar refractivity (Wildman–Crippen MR) is 79.1 cm³/mol. The van der Waals surface area contributed by atoms with E-state index in [1.54, 1.807) is 12.1 Å². The van der Waals surface area contributed by atoms with E-state index in [0.29, 0.717) is 21.0 Å². The van der Waals surface area contributed by atoms with Gasteiger partial charge in [0.1, 0.15) is 0 Å². The molecule has 0 aliphatic heterocycles. The van der Waals surface area contributed by atoms with Crippen LogP contribution in [0.4, 0.5) is 0 Å². The Morgan fingerprint density at radius 3 is 2.67 bits per heavy atom. The van der Waals surface area contributed by atoms with E-state index in [-0.39, 0.29) is 16.8 Å². The van der Waals surface area contributed by atoms with Crippen molar-refractivity contribution in [2.45, 2.75) is 11.9 Å². The van der Waals surface area contributed by atoms with Crippen LogP contribution in [0.3, 0.4) is 0 Å². The Hall–Kier alpha value is -0.780. The van der Waals surface area contributed by atoms with Crippen molar-refractivity contribution in [3.63, 3.8) is 0 Å². The zero-order chi connectivity index (χ0) is 13.4. The molecule has 0 radical (unpaired) electrons. The number of hydrogen-bond donors (Lipinski definition) is 1. The first kappa shape index (κ1) is 13.6. The Bertz CT molecular complexity index is 711. The number of thioether (sulfide) groups is 1. The van der Waals surface area contributed by atoms with E-state index in [0.717, 1.165) is 4.47 Å². The molecule has 2 aromatic rings. The summed E-state index contributed by atoms with van der Waals surface area (Å²) in [4.78, 5) is 27.0. The van der Waals surface area contributed by atoms with Gasteiger partial charge < -0.3 is 4.98 Å². The molecule has 0 saturated heterocycles. The van der Waals surface area contributed by atoms with Crippen molar-refractivity contribution in [1.82, 2.24) is 4.98 Å². The molecule has 1 aromatic carbocycles. The van der Waals surface area contributed by atoms with Crippen molar-refractivity contribution in [1.29, 1.82) is 0 Å². The van der Waals surface area contributed by atoms with Gasteiger partial charge in [0.25, 0.3) is 0 Å². The molecule has 18 heavy (non-hydrogen) atoms. The lowest BCUT2D eigenvalue weighted by Crippen LogP contribution is -2.16. The minimum atomic E-state index is -0.327. The molecule has 1 heterocycles. The van der Waals surface area contributed by atoms with Crippen LogP contribution in [-0.4, -0.2) is 17.0 Å². The molecule has 3 nitrogen and oxygen atoms in total. The molecule has 0 saturated carbocycles. The maximum Gasteiger partial charge on any atom is 0.202 e. The van der Waals surface area contributed by atoms with Gasteiger partial charge in [0, 0.05) is 4.47 Å². The van der Waals surface area contributed by atoms with Crippen molar-refractivity contribution in [2.24, 2.45) is 0 Å². The smallest absolute Gasteiger partial charge is 0.202 e. The molecule has 0 bridgehead atoms. The van der Waals surface area contributed by atoms with Crippen LogP contribution < -0.4 is 5.43 Å². The van der Waals surface area contributed by atoms with Gasteiger partial charge in [0.05, 0.1) is 26.5 Å². The Morgan fingerprint density at radius 2 is 2.11 bits per heavy atom. The second kappa shape index (κ2) is 5.07. The Morgan fingerprint density at radius 1 is 1.44 bits per heavy atom. The first-order valence-corrected chi connectivity index (χ1v) is 7.45. The average molecular weight is 347 g/mol. The SMILES string of the molecule is CSc1[nH]c2c(Br)ccc(Cl)c2c(=O)c1C(C)=O. The number of fused-ring (bicyclic) bond motifs is 1. The van der Waals surface area contributed by atoms with Gasteiger partial charge in [0.15, 0.2) is 5.78 Å². The molecular weight excluding hydrogens is 338 g/mol. The van der Waals surface area contributed by atoms with Gasteiger partial charge in [-0.2, -0.15) is 0 Å². The van der Waals surface area contributed by atoms with Crippen LogP contribution >= 0.6 is 39.3 Å². The summed E-state index contributed by atoms with van der Waals surface area (Å²) in [5.74, 6) is -0.265. The number of ketones is 1. The minimum Gasteiger partial charge on any atom is -0.348 e. The van der Waals surface area contributed by atoms with Crippen LogP contribution in [0.15, 0.2) is 26.4 Å². The second-order valence-electron chi connectivity index (χ2n) is 3.70. The van der Waals surface area contributed by atoms with E-state index >= 15 is 0 Å². The van der Waals surface area contributed by atoms with E-state index in [1.165, 1.54) is 18.7 Å². The van der Waals surface area contributed by atoms with Crippen LogP contribution in [0, 0.1) is 0 Å². The number of halogens is 2. The first-order chi connectivity index (χ1) is 8.47. The van der Waals surface area contributed by atoms with Crippen LogP contribution in [0.25, 0.3) is 10.9 Å². The zero-order valence-corrected chi connectivity index (χ0v) is 12.8. The number of benzene rings is 1. The van der Waals surface area contributed by atoms with Crippen LogP contribution in [0.2, 0.25) is 5.02 Å².